The van der Waals surface area contributed by atoms with Gasteiger partial charge in [0, 0.05) is 6.42 Å². The second kappa shape index (κ2) is 9.22. The fraction of sp³-hybridized carbons (Fsp3) is 0.897. The number of hydrogen-bond donors (Lipinski definition) is 0. The van der Waals surface area contributed by atoms with Crippen molar-refractivity contribution in [3.8, 4) is 0 Å². The van der Waals surface area contributed by atoms with Gasteiger partial charge in [-0.25, -0.2) is 0 Å². The van der Waals surface area contributed by atoms with E-state index in [1.807, 2.05) is 0 Å². The van der Waals surface area contributed by atoms with Crippen molar-refractivity contribution in [1.29, 1.82) is 0 Å². The van der Waals surface area contributed by atoms with Gasteiger partial charge in [0.25, 0.3) is 6.47 Å². The molecule has 4 rings (SSSR count). The summed E-state index contributed by atoms with van der Waals surface area (Å²) in [7, 11) is 0. The van der Waals surface area contributed by atoms with Gasteiger partial charge in [-0.05, 0) is 97.7 Å². The number of carbonyl (C=O) groups is 1. The Hall–Kier alpha value is -0.790. The smallest absolute Gasteiger partial charge is 0.293 e. The summed E-state index contributed by atoms with van der Waals surface area (Å²) >= 11 is 0. The van der Waals surface area contributed by atoms with Gasteiger partial charge in [-0.2, -0.15) is 0 Å². The van der Waals surface area contributed by atoms with Crippen molar-refractivity contribution in [2.45, 2.75) is 118 Å². The Morgan fingerprint density at radius 2 is 1.90 bits per heavy atom. The molecule has 3 fully saturated rings. The molecule has 0 aliphatic heterocycles. The first-order valence-electron chi connectivity index (χ1n) is 13.6. The van der Waals surface area contributed by atoms with Gasteiger partial charge in [-0.1, -0.05) is 65.5 Å². The molecule has 0 aromatic carbocycles. The fourth-order valence-corrected chi connectivity index (χ4v) is 9.28. The molecule has 8 unspecified atom stereocenters. The molecule has 31 heavy (non-hydrogen) atoms. The predicted molar refractivity (Wildman–Crippen MR) is 129 cm³/mol. The zero-order valence-electron chi connectivity index (χ0n) is 21.0. The van der Waals surface area contributed by atoms with Crippen LogP contribution in [0.4, 0.5) is 0 Å². The maximum atomic E-state index is 10.9. The number of carbonyl (C=O) groups excluding carboxylic acids is 1. The largest absolute Gasteiger partial charge is 0.464 e. The van der Waals surface area contributed by atoms with Crippen molar-refractivity contribution < 1.29 is 9.53 Å². The molecule has 8 atom stereocenters. The molecule has 0 spiro atoms. The Labute approximate surface area is 192 Å². The molecular weight excluding hydrogens is 380 g/mol. The Bertz CT molecular complexity index is 666. The van der Waals surface area contributed by atoms with Crippen LogP contribution in [0, 0.1) is 46.3 Å². The van der Waals surface area contributed by atoms with Gasteiger partial charge in [0.05, 0.1) is 0 Å². The number of ether oxygens (including phenoxy) is 1. The van der Waals surface area contributed by atoms with E-state index in [2.05, 4.69) is 40.7 Å². The summed E-state index contributed by atoms with van der Waals surface area (Å²) in [5, 5.41) is 0. The molecule has 2 nitrogen and oxygen atoms in total. The van der Waals surface area contributed by atoms with Gasteiger partial charge in [-0.3, -0.25) is 4.79 Å². The summed E-state index contributed by atoms with van der Waals surface area (Å²) < 4.78 is 5.38. The molecule has 0 heterocycles. The van der Waals surface area contributed by atoms with Gasteiger partial charge in [-0.15, -0.1) is 0 Å². The summed E-state index contributed by atoms with van der Waals surface area (Å²) in [6.07, 6.45) is 18.7. The van der Waals surface area contributed by atoms with Crippen molar-refractivity contribution in [3.05, 3.63) is 11.6 Å². The standard InChI is InChI=1S/C29H48O2/c1-6-29-17-15-26-24(11-10-22-18-23(31-19-30)14-16-28(22,26)5)27(29)13-12-25(29)21(4)9-7-8-20(2)3/h10,19-21,23-27H,6-9,11-18H2,1-5H3. The summed E-state index contributed by atoms with van der Waals surface area (Å²) in [5.41, 5.74) is 2.58. The fourth-order valence-electron chi connectivity index (χ4n) is 9.28. The van der Waals surface area contributed by atoms with E-state index in [1.54, 1.807) is 5.57 Å². The van der Waals surface area contributed by atoms with Crippen LogP contribution in [0.15, 0.2) is 11.6 Å². The molecule has 0 amide bonds. The summed E-state index contributed by atoms with van der Waals surface area (Å²) in [4.78, 5) is 10.9. The van der Waals surface area contributed by atoms with Gasteiger partial charge in [0.2, 0.25) is 0 Å². The lowest BCUT2D eigenvalue weighted by molar-refractivity contribution is -0.136. The molecule has 2 heteroatoms. The highest BCUT2D eigenvalue weighted by atomic mass is 16.5. The molecule has 3 saturated carbocycles. The lowest BCUT2D eigenvalue weighted by atomic mass is 9.46. The van der Waals surface area contributed by atoms with E-state index in [0.717, 1.165) is 48.3 Å². The second-order valence-corrected chi connectivity index (χ2v) is 12.5. The van der Waals surface area contributed by atoms with Crippen LogP contribution < -0.4 is 0 Å². The van der Waals surface area contributed by atoms with E-state index in [-0.39, 0.29) is 6.10 Å². The third kappa shape index (κ3) is 4.04. The zero-order valence-corrected chi connectivity index (χ0v) is 21.0. The number of fused-ring (bicyclic) bond motifs is 5. The van der Waals surface area contributed by atoms with Crippen LogP contribution >= 0.6 is 0 Å². The van der Waals surface area contributed by atoms with Crippen LogP contribution in [0.5, 0.6) is 0 Å². The van der Waals surface area contributed by atoms with Crippen LogP contribution in [0.3, 0.4) is 0 Å². The summed E-state index contributed by atoms with van der Waals surface area (Å²) in [6.45, 7) is 13.1. The summed E-state index contributed by atoms with van der Waals surface area (Å²) in [5.74, 6) is 5.36. The first kappa shape index (κ1) is 23.4. The number of allylic oxidation sites excluding steroid dienone is 1. The quantitative estimate of drug-likeness (QED) is 0.289. The molecule has 0 radical (unpaired) electrons. The third-order valence-electron chi connectivity index (χ3n) is 10.9. The van der Waals surface area contributed by atoms with Gasteiger partial charge in [0.1, 0.15) is 6.10 Å². The first-order valence-corrected chi connectivity index (χ1v) is 13.6. The van der Waals surface area contributed by atoms with Crippen molar-refractivity contribution in [3.63, 3.8) is 0 Å². The molecule has 0 saturated heterocycles. The lowest BCUT2D eigenvalue weighted by Gasteiger charge is -2.59. The Kier molecular flexibility index (Phi) is 6.95. The average molecular weight is 429 g/mol. The highest BCUT2D eigenvalue weighted by molar-refractivity contribution is 5.38. The Morgan fingerprint density at radius 3 is 2.61 bits per heavy atom. The summed E-state index contributed by atoms with van der Waals surface area (Å²) in [6, 6.07) is 0. The molecular formula is C29H48O2. The Balaban J connectivity index is 1.51. The maximum Gasteiger partial charge on any atom is 0.293 e. The molecule has 176 valence electrons. The minimum absolute atomic E-state index is 0.120. The average Bonchev–Trinajstić information content (AvgIpc) is 3.14. The van der Waals surface area contributed by atoms with Crippen LogP contribution in [0.1, 0.15) is 112 Å². The predicted octanol–water partition coefficient (Wildman–Crippen LogP) is 7.96. The first-order chi connectivity index (χ1) is 14.9. The Morgan fingerprint density at radius 1 is 1.10 bits per heavy atom. The van der Waals surface area contributed by atoms with Gasteiger partial charge < -0.3 is 4.74 Å². The van der Waals surface area contributed by atoms with E-state index < -0.39 is 0 Å². The van der Waals surface area contributed by atoms with Crippen molar-refractivity contribution in [2.24, 2.45) is 46.3 Å². The monoisotopic (exact) mass is 428 g/mol. The highest BCUT2D eigenvalue weighted by Gasteiger charge is 2.60. The molecule has 0 bridgehead atoms. The maximum absolute atomic E-state index is 10.9. The molecule has 4 aliphatic rings. The van der Waals surface area contributed by atoms with Crippen molar-refractivity contribution >= 4 is 6.47 Å². The van der Waals surface area contributed by atoms with Crippen LogP contribution in [0.2, 0.25) is 0 Å². The molecule has 4 aliphatic carbocycles. The van der Waals surface area contributed by atoms with Crippen LogP contribution in [-0.4, -0.2) is 12.6 Å². The topological polar surface area (TPSA) is 26.3 Å². The van der Waals surface area contributed by atoms with Crippen LogP contribution in [0.25, 0.3) is 0 Å². The van der Waals surface area contributed by atoms with Crippen molar-refractivity contribution in [2.75, 3.05) is 0 Å². The van der Waals surface area contributed by atoms with E-state index >= 15 is 0 Å². The molecule has 0 aromatic rings. The van der Waals surface area contributed by atoms with E-state index in [4.69, 9.17) is 4.74 Å². The molecule has 0 N–H and O–H groups in total. The lowest BCUT2D eigenvalue weighted by Crippen LogP contribution is -2.51. The number of hydrogen-bond acceptors (Lipinski definition) is 2. The third-order valence-corrected chi connectivity index (χ3v) is 10.9. The normalized spacial score (nSPS) is 42.9. The van der Waals surface area contributed by atoms with Gasteiger partial charge >= 0.3 is 0 Å². The number of rotatable bonds is 8. The van der Waals surface area contributed by atoms with E-state index in [0.29, 0.717) is 17.3 Å². The van der Waals surface area contributed by atoms with Gasteiger partial charge in [0.15, 0.2) is 0 Å². The van der Waals surface area contributed by atoms with Crippen molar-refractivity contribution in [1.82, 2.24) is 0 Å². The SMILES string of the molecule is CCC12CCC3C(CC=C4CC(OC=O)CCC43C)C1CCC2C(C)CCCC(C)C. The minimum Gasteiger partial charge on any atom is -0.464 e. The minimum atomic E-state index is 0.120. The second-order valence-electron chi connectivity index (χ2n) is 12.5. The highest BCUT2D eigenvalue weighted by Crippen LogP contribution is 2.68. The van der Waals surface area contributed by atoms with E-state index in [1.165, 1.54) is 64.2 Å². The molecule has 0 aromatic heterocycles. The zero-order chi connectivity index (χ0) is 22.2. The van der Waals surface area contributed by atoms with E-state index in [9.17, 15) is 4.79 Å². The van der Waals surface area contributed by atoms with Crippen LogP contribution in [-0.2, 0) is 9.53 Å².